The molecule has 0 unspecified atom stereocenters. The van der Waals surface area contributed by atoms with Gasteiger partial charge in [0.25, 0.3) is 0 Å². The predicted molar refractivity (Wildman–Crippen MR) is 85.9 cm³/mol. The Labute approximate surface area is 141 Å². The highest BCUT2D eigenvalue weighted by atomic mass is 35.5. The zero-order valence-electron chi connectivity index (χ0n) is 13.6. The first kappa shape index (κ1) is 16.5. The normalized spacial score (nSPS) is 31.5. The summed E-state index contributed by atoms with van der Waals surface area (Å²) in [6.45, 7) is 5.88. The Morgan fingerprint density at radius 1 is 1.17 bits per heavy atom. The molecule has 0 amide bonds. The number of rotatable bonds is 2. The quantitative estimate of drug-likeness (QED) is 0.770. The Balaban J connectivity index is 2.06. The van der Waals surface area contributed by atoms with Gasteiger partial charge in [0.15, 0.2) is 5.60 Å². The third kappa shape index (κ3) is 2.79. The van der Waals surface area contributed by atoms with Crippen LogP contribution in [0.4, 0.5) is 0 Å². The van der Waals surface area contributed by atoms with E-state index in [0.29, 0.717) is 29.8 Å². The average Bonchev–Trinajstić information content (AvgIpc) is 3.04. The summed E-state index contributed by atoms with van der Waals surface area (Å²) in [6, 6.07) is 7.04. The number of ether oxygens (including phenoxy) is 2. The van der Waals surface area contributed by atoms with Crippen molar-refractivity contribution >= 4 is 23.4 Å². The molecule has 23 heavy (non-hydrogen) atoms. The maximum Gasteiger partial charge on any atom is 0.345 e. The number of hydrogen-bond donors (Lipinski definition) is 0. The first-order valence-corrected chi connectivity index (χ1v) is 8.28. The van der Waals surface area contributed by atoms with E-state index in [9.17, 15) is 9.59 Å². The van der Waals surface area contributed by atoms with Crippen molar-refractivity contribution in [2.45, 2.75) is 51.9 Å². The minimum absolute atomic E-state index is 0.166. The minimum atomic E-state index is -1.21. The Morgan fingerprint density at radius 2 is 1.83 bits per heavy atom. The maximum atomic E-state index is 12.8. The number of esters is 1. The zero-order valence-corrected chi connectivity index (χ0v) is 14.4. The molecule has 1 aliphatic carbocycles. The molecule has 0 bridgehead atoms. The standard InChI is InChI=1S/C18H21ClO4/c1-17(2,3)16-22-15(21)18(23-16,12-6-9-14(20)10-12)11-4-7-13(19)8-5-11/h4-5,7-8,12,16H,6,9-10H2,1-3H3/t12-,16-,18-/m0/s1. The number of ketones is 1. The first-order chi connectivity index (χ1) is 10.7. The van der Waals surface area contributed by atoms with E-state index >= 15 is 0 Å². The Kier molecular flexibility index (Phi) is 4.01. The Morgan fingerprint density at radius 3 is 2.30 bits per heavy atom. The minimum Gasteiger partial charge on any atom is -0.433 e. The van der Waals surface area contributed by atoms with Crippen LogP contribution in [0.15, 0.2) is 24.3 Å². The number of cyclic esters (lactones) is 1. The molecule has 1 aliphatic heterocycles. The van der Waals surface area contributed by atoms with Gasteiger partial charge in [-0.1, -0.05) is 44.5 Å². The van der Waals surface area contributed by atoms with Crippen LogP contribution in [0.5, 0.6) is 0 Å². The van der Waals surface area contributed by atoms with Crippen LogP contribution < -0.4 is 0 Å². The lowest BCUT2D eigenvalue weighted by Gasteiger charge is -2.32. The highest BCUT2D eigenvalue weighted by Crippen LogP contribution is 2.49. The summed E-state index contributed by atoms with van der Waals surface area (Å²) in [5.74, 6) is -0.436. The number of hydrogen-bond acceptors (Lipinski definition) is 4. The number of Topliss-reactive ketones (excluding diaryl/α,β-unsaturated/α-hetero) is 1. The molecule has 5 heteroatoms. The molecular weight excluding hydrogens is 316 g/mol. The van der Waals surface area contributed by atoms with Crippen molar-refractivity contribution in [3.05, 3.63) is 34.9 Å². The second-order valence-electron chi connectivity index (χ2n) is 7.44. The molecule has 0 aromatic heterocycles. The molecule has 2 fully saturated rings. The topological polar surface area (TPSA) is 52.6 Å². The van der Waals surface area contributed by atoms with Crippen LogP contribution in [-0.4, -0.2) is 18.0 Å². The van der Waals surface area contributed by atoms with Crippen LogP contribution >= 0.6 is 11.6 Å². The number of benzene rings is 1. The van der Waals surface area contributed by atoms with Crippen molar-refractivity contribution in [3.63, 3.8) is 0 Å². The number of carbonyl (C=O) groups is 2. The van der Waals surface area contributed by atoms with Crippen LogP contribution in [0.2, 0.25) is 5.02 Å². The summed E-state index contributed by atoms with van der Waals surface area (Å²) >= 11 is 5.97. The van der Waals surface area contributed by atoms with Crippen molar-refractivity contribution in [3.8, 4) is 0 Å². The lowest BCUT2D eigenvalue weighted by molar-refractivity contribution is -0.162. The molecule has 2 aliphatic rings. The number of halogens is 1. The third-order valence-corrected chi connectivity index (χ3v) is 4.86. The fourth-order valence-electron chi connectivity index (χ4n) is 3.32. The predicted octanol–water partition coefficient (Wildman–Crippen LogP) is 3.85. The van der Waals surface area contributed by atoms with Gasteiger partial charge >= 0.3 is 5.97 Å². The van der Waals surface area contributed by atoms with Crippen molar-refractivity contribution in [2.75, 3.05) is 0 Å². The summed E-state index contributed by atoms with van der Waals surface area (Å²) in [5.41, 5.74) is -0.848. The van der Waals surface area contributed by atoms with Gasteiger partial charge in [0.2, 0.25) is 6.29 Å². The van der Waals surface area contributed by atoms with Crippen molar-refractivity contribution < 1.29 is 19.1 Å². The van der Waals surface area contributed by atoms with Gasteiger partial charge in [-0.15, -0.1) is 0 Å². The van der Waals surface area contributed by atoms with E-state index < -0.39 is 17.9 Å². The molecule has 3 rings (SSSR count). The fourth-order valence-corrected chi connectivity index (χ4v) is 3.45. The smallest absolute Gasteiger partial charge is 0.345 e. The summed E-state index contributed by atoms with van der Waals surface area (Å²) in [6.07, 6.45) is 0.820. The van der Waals surface area contributed by atoms with E-state index in [1.807, 2.05) is 20.8 Å². The molecular formula is C18H21ClO4. The third-order valence-electron chi connectivity index (χ3n) is 4.61. The van der Waals surface area contributed by atoms with E-state index in [-0.39, 0.29) is 17.1 Å². The van der Waals surface area contributed by atoms with Gasteiger partial charge in [0.05, 0.1) is 0 Å². The summed E-state index contributed by atoms with van der Waals surface area (Å²) in [7, 11) is 0. The molecule has 124 valence electrons. The lowest BCUT2D eigenvalue weighted by Crippen LogP contribution is -2.41. The highest BCUT2D eigenvalue weighted by molar-refractivity contribution is 6.30. The van der Waals surface area contributed by atoms with E-state index in [2.05, 4.69) is 0 Å². The fraction of sp³-hybridized carbons (Fsp3) is 0.556. The maximum absolute atomic E-state index is 12.8. The molecule has 1 aromatic carbocycles. The first-order valence-electron chi connectivity index (χ1n) is 7.90. The average molecular weight is 337 g/mol. The SMILES string of the molecule is CC(C)(C)[C@H]1OC(=O)[C@](c2ccc(Cl)cc2)([C@H]2CCC(=O)C2)O1. The van der Waals surface area contributed by atoms with Gasteiger partial charge in [-0.3, -0.25) is 4.79 Å². The molecule has 4 nitrogen and oxygen atoms in total. The van der Waals surface area contributed by atoms with Crippen LogP contribution in [-0.2, 0) is 24.7 Å². The van der Waals surface area contributed by atoms with Gasteiger partial charge in [-0.05, 0) is 24.1 Å². The van der Waals surface area contributed by atoms with Gasteiger partial charge < -0.3 is 9.47 Å². The van der Waals surface area contributed by atoms with Crippen LogP contribution in [0.1, 0.15) is 45.6 Å². The summed E-state index contributed by atoms with van der Waals surface area (Å²) in [4.78, 5) is 24.6. The lowest BCUT2D eigenvalue weighted by atomic mass is 9.80. The molecule has 0 spiro atoms. The molecule has 1 heterocycles. The van der Waals surface area contributed by atoms with Gasteiger partial charge in [-0.25, -0.2) is 4.79 Å². The number of carbonyl (C=O) groups excluding carboxylic acids is 2. The monoisotopic (exact) mass is 336 g/mol. The van der Waals surface area contributed by atoms with Gasteiger partial charge in [0, 0.05) is 29.2 Å². The molecule has 3 atom stereocenters. The Bertz CT molecular complexity index is 631. The molecule has 0 radical (unpaired) electrons. The van der Waals surface area contributed by atoms with E-state index in [0.717, 1.165) is 0 Å². The second kappa shape index (κ2) is 5.60. The van der Waals surface area contributed by atoms with Crippen LogP contribution in [0, 0.1) is 11.3 Å². The molecule has 1 aromatic rings. The summed E-state index contributed by atoms with van der Waals surface area (Å²) in [5, 5.41) is 0.588. The van der Waals surface area contributed by atoms with Gasteiger partial charge in [0.1, 0.15) is 5.78 Å². The summed E-state index contributed by atoms with van der Waals surface area (Å²) < 4.78 is 11.8. The molecule has 0 N–H and O–H groups in total. The zero-order chi connectivity index (χ0) is 16.8. The van der Waals surface area contributed by atoms with Crippen molar-refractivity contribution in [1.82, 2.24) is 0 Å². The Hall–Kier alpha value is -1.39. The van der Waals surface area contributed by atoms with Crippen molar-refractivity contribution in [2.24, 2.45) is 11.3 Å². The van der Waals surface area contributed by atoms with E-state index in [4.69, 9.17) is 21.1 Å². The van der Waals surface area contributed by atoms with Gasteiger partial charge in [-0.2, -0.15) is 0 Å². The van der Waals surface area contributed by atoms with Crippen LogP contribution in [0.25, 0.3) is 0 Å². The van der Waals surface area contributed by atoms with E-state index in [1.165, 1.54) is 0 Å². The van der Waals surface area contributed by atoms with Crippen LogP contribution in [0.3, 0.4) is 0 Å². The van der Waals surface area contributed by atoms with E-state index in [1.54, 1.807) is 24.3 Å². The second-order valence-corrected chi connectivity index (χ2v) is 7.88. The van der Waals surface area contributed by atoms with Crippen molar-refractivity contribution in [1.29, 1.82) is 0 Å². The highest BCUT2D eigenvalue weighted by Gasteiger charge is 2.60. The largest absolute Gasteiger partial charge is 0.433 e. The molecule has 1 saturated carbocycles. The molecule has 1 saturated heterocycles.